The van der Waals surface area contributed by atoms with Gasteiger partial charge in [0, 0.05) is 20.1 Å². The average Bonchev–Trinajstić information content (AvgIpc) is 2.27. The third-order valence-corrected chi connectivity index (χ3v) is 3.22. The van der Waals surface area contributed by atoms with E-state index in [1.165, 1.54) is 0 Å². The topological polar surface area (TPSA) is 41.6 Å². The van der Waals surface area contributed by atoms with Crippen molar-refractivity contribution in [3.05, 3.63) is 29.8 Å². The monoisotopic (exact) mass is 270 g/mol. The van der Waals surface area contributed by atoms with Crippen LogP contribution in [0.3, 0.4) is 0 Å². The minimum Gasteiger partial charge on any atom is -0.497 e. The molecule has 0 spiro atoms. The molecule has 0 aliphatic carbocycles. The normalized spacial score (nSPS) is 14.3. The van der Waals surface area contributed by atoms with Gasteiger partial charge in [0.1, 0.15) is 5.75 Å². The second kappa shape index (κ2) is 6.61. The molecule has 0 saturated carbocycles. The Kier molecular flexibility index (Phi) is 5.44. The van der Waals surface area contributed by atoms with E-state index in [0.29, 0.717) is 12.5 Å². The Bertz CT molecular complexity index is 390. The predicted molar refractivity (Wildman–Crippen MR) is 73.4 cm³/mol. The van der Waals surface area contributed by atoms with E-state index in [2.05, 4.69) is 5.32 Å². The number of hydrogen-bond donors (Lipinski definition) is 1. The summed E-state index contributed by atoms with van der Waals surface area (Å²) >= 11 is 0. The smallest absolute Gasteiger partial charge is 0.227 e. The number of amides is 1. The lowest BCUT2D eigenvalue weighted by atomic mass is 10.1. The van der Waals surface area contributed by atoms with Gasteiger partial charge >= 0.3 is 0 Å². The Hall–Kier alpha value is -1.26. The average molecular weight is 271 g/mol. The number of rotatable bonds is 4. The molecule has 0 radical (unpaired) electrons. The van der Waals surface area contributed by atoms with Crippen molar-refractivity contribution in [1.29, 1.82) is 0 Å². The zero-order chi connectivity index (χ0) is 12.3. The highest BCUT2D eigenvalue weighted by Crippen LogP contribution is 2.13. The van der Waals surface area contributed by atoms with Crippen LogP contribution in [0.5, 0.6) is 5.75 Å². The molecule has 1 heterocycles. The maximum Gasteiger partial charge on any atom is 0.227 e. The molecule has 0 aromatic heterocycles. The van der Waals surface area contributed by atoms with E-state index < -0.39 is 0 Å². The van der Waals surface area contributed by atoms with Gasteiger partial charge in [-0.1, -0.05) is 12.1 Å². The van der Waals surface area contributed by atoms with Gasteiger partial charge in [-0.2, -0.15) is 0 Å². The summed E-state index contributed by atoms with van der Waals surface area (Å²) in [5.74, 6) is 0.986. The van der Waals surface area contributed by atoms with Crippen LogP contribution in [0, 0.1) is 0 Å². The van der Waals surface area contributed by atoms with E-state index in [9.17, 15) is 4.79 Å². The van der Waals surface area contributed by atoms with Crippen molar-refractivity contribution < 1.29 is 9.53 Å². The first-order chi connectivity index (χ1) is 8.20. The van der Waals surface area contributed by atoms with Crippen LogP contribution >= 0.6 is 12.4 Å². The van der Waals surface area contributed by atoms with Crippen molar-refractivity contribution in [1.82, 2.24) is 10.2 Å². The number of halogens is 1. The van der Waals surface area contributed by atoms with Crippen LogP contribution in [-0.4, -0.2) is 44.1 Å². The quantitative estimate of drug-likeness (QED) is 0.891. The number of nitrogens with one attached hydrogen (secondary N) is 1. The summed E-state index contributed by atoms with van der Waals surface area (Å²) in [6.07, 6.45) is 0.455. The molecule has 100 valence electrons. The minimum absolute atomic E-state index is 0. The third-order valence-electron chi connectivity index (χ3n) is 3.22. The molecular formula is C13H19ClN2O2. The number of methoxy groups -OCH3 is 1. The summed E-state index contributed by atoms with van der Waals surface area (Å²) in [6, 6.07) is 7.99. The first-order valence-electron chi connectivity index (χ1n) is 5.80. The van der Waals surface area contributed by atoms with E-state index in [4.69, 9.17) is 4.74 Å². The second-order valence-electron chi connectivity index (χ2n) is 4.34. The molecule has 1 fully saturated rings. The van der Waals surface area contributed by atoms with Gasteiger partial charge in [-0.15, -0.1) is 12.4 Å². The fraction of sp³-hybridized carbons (Fsp3) is 0.462. The molecule has 1 saturated heterocycles. The lowest BCUT2D eigenvalue weighted by molar-refractivity contribution is -0.132. The van der Waals surface area contributed by atoms with Crippen molar-refractivity contribution in [2.75, 3.05) is 27.2 Å². The van der Waals surface area contributed by atoms with Crippen molar-refractivity contribution >= 4 is 18.3 Å². The highest BCUT2D eigenvalue weighted by molar-refractivity contribution is 5.85. The molecule has 0 bridgehead atoms. The highest BCUT2D eigenvalue weighted by Gasteiger charge is 2.24. The maximum atomic E-state index is 12.0. The molecule has 1 aliphatic rings. The van der Waals surface area contributed by atoms with Gasteiger partial charge in [0.2, 0.25) is 5.91 Å². The van der Waals surface area contributed by atoms with Gasteiger partial charge in [0.25, 0.3) is 0 Å². The van der Waals surface area contributed by atoms with Crippen molar-refractivity contribution in [2.24, 2.45) is 0 Å². The van der Waals surface area contributed by atoms with E-state index in [1.54, 1.807) is 7.11 Å². The number of carbonyl (C=O) groups is 1. The van der Waals surface area contributed by atoms with Crippen LogP contribution in [0.25, 0.3) is 0 Å². The van der Waals surface area contributed by atoms with Crippen molar-refractivity contribution in [3.63, 3.8) is 0 Å². The number of benzene rings is 1. The van der Waals surface area contributed by atoms with Crippen LogP contribution in [0.15, 0.2) is 24.3 Å². The predicted octanol–water partition coefficient (Wildman–Crippen LogP) is 1.09. The summed E-state index contributed by atoms with van der Waals surface area (Å²) in [4.78, 5) is 13.8. The zero-order valence-electron chi connectivity index (χ0n) is 10.7. The maximum absolute atomic E-state index is 12.0. The molecular weight excluding hydrogens is 252 g/mol. The summed E-state index contributed by atoms with van der Waals surface area (Å²) in [5, 5.41) is 3.17. The molecule has 18 heavy (non-hydrogen) atoms. The van der Waals surface area contributed by atoms with Gasteiger partial charge in [0.05, 0.1) is 19.6 Å². The molecule has 0 atom stereocenters. The van der Waals surface area contributed by atoms with E-state index in [-0.39, 0.29) is 18.3 Å². The van der Waals surface area contributed by atoms with Crippen LogP contribution < -0.4 is 10.1 Å². The van der Waals surface area contributed by atoms with Gasteiger partial charge in [0.15, 0.2) is 0 Å². The number of ether oxygens (including phenoxy) is 1. The Morgan fingerprint density at radius 2 is 2.00 bits per heavy atom. The molecule has 1 amide bonds. The van der Waals surface area contributed by atoms with Gasteiger partial charge in [-0.3, -0.25) is 4.79 Å². The van der Waals surface area contributed by atoms with E-state index in [0.717, 1.165) is 24.4 Å². The molecule has 1 aliphatic heterocycles. The molecule has 5 heteroatoms. The largest absolute Gasteiger partial charge is 0.497 e. The molecule has 2 rings (SSSR count). The Morgan fingerprint density at radius 3 is 2.44 bits per heavy atom. The highest BCUT2D eigenvalue weighted by atomic mass is 35.5. The standard InChI is InChI=1S/C13H18N2O2.ClH/c1-15(11-8-14-9-11)13(16)7-10-3-5-12(17-2)6-4-10;/h3-6,11,14H,7-9H2,1-2H3;1H. The number of hydrogen-bond acceptors (Lipinski definition) is 3. The Balaban J connectivity index is 0.00000162. The fourth-order valence-corrected chi connectivity index (χ4v) is 1.79. The van der Waals surface area contributed by atoms with Gasteiger partial charge in [-0.05, 0) is 17.7 Å². The van der Waals surface area contributed by atoms with Gasteiger partial charge < -0.3 is 15.0 Å². The summed E-state index contributed by atoms with van der Waals surface area (Å²) in [7, 11) is 3.51. The summed E-state index contributed by atoms with van der Waals surface area (Å²) in [5.41, 5.74) is 1.02. The Morgan fingerprint density at radius 1 is 1.39 bits per heavy atom. The fourth-order valence-electron chi connectivity index (χ4n) is 1.79. The van der Waals surface area contributed by atoms with Crippen LogP contribution in [0.2, 0.25) is 0 Å². The number of nitrogens with zero attached hydrogens (tertiary/aromatic N) is 1. The third kappa shape index (κ3) is 3.37. The van der Waals surface area contributed by atoms with Crippen LogP contribution in [0.1, 0.15) is 5.56 Å². The van der Waals surface area contributed by atoms with E-state index >= 15 is 0 Å². The first-order valence-corrected chi connectivity index (χ1v) is 5.80. The van der Waals surface area contributed by atoms with Crippen LogP contribution in [-0.2, 0) is 11.2 Å². The summed E-state index contributed by atoms with van der Waals surface area (Å²) < 4.78 is 5.08. The molecule has 1 N–H and O–H groups in total. The molecule has 0 unspecified atom stereocenters. The first kappa shape index (κ1) is 14.8. The Labute approximate surface area is 114 Å². The van der Waals surface area contributed by atoms with Crippen LogP contribution in [0.4, 0.5) is 0 Å². The van der Waals surface area contributed by atoms with Crippen molar-refractivity contribution in [3.8, 4) is 5.75 Å². The molecule has 4 nitrogen and oxygen atoms in total. The van der Waals surface area contributed by atoms with E-state index in [1.807, 2.05) is 36.2 Å². The summed E-state index contributed by atoms with van der Waals surface area (Å²) in [6.45, 7) is 1.82. The number of carbonyl (C=O) groups excluding carboxylic acids is 1. The second-order valence-corrected chi connectivity index (χ2v) is 4.34. The lowest BCUT2D eigenvalue weighted by Crippen LogP contribution is -2.57. The van der Waals surface area contributed by atoms with Gasteiger partial charge in [-0.25, -0.2) is 0 Å². The zero-order valence-corrected chi connectivity index (χ0v) is 11.5. The SMILES string of the molecule is COc1ccc(CC(=O)N(C)C2CNC2)cc1.Cl. The number of likely N-dealkylation sites (N-methyl/N-ethyl adjacent to an activating group) is 1. The lowest BCUT2D eigenvalue weighted by Gasteiger charge is -2.35. The molecule has 1 aromatic carbocycles. The minimum atomic E-state index is 0. The van der Waals surface area contributed by atoms with Crippen molar-refractivity contribution in [2.45, 2.75) is 12.5 Å². The molecule has 1 aromatic rings.